The van der Waals surface area contributed by atoms with Gasteiger partial charge in [0.25, 0.3) is 0 Å². The molecule has 0 aliphatic carbocycles. The standard InChI is InChI=1S/C19H25N5/c1-15-20-18(14-19(21-15)24-12-4-5-13-24)22-16-6-8-17(9-7-16)23-10-2-3-11-23/h6-9,14H,2-5,10-13H2,1H3,(H,20,21,22). The van der Waals surface area contributed by atoms with E-state index in [2.05, 4.69) is 55.4 Å². The van der Waals surface area contributed by atoms with Crippen LogP contribution in [-0.4, -0.2) is 36.1 Å². The van der Waals surface area contributed by atoms with E-state index in [1.165, 1.54) is 44.5 Å². The van der Waals surface area contributed by atoms with E-state index in [4.69, 9.17) is 0 Å². The summed E-state index contributed by atoms with van der Waals surface area (Å²) >= 11 is 0. The lowest BCUT2D eigenvalue weighted by atomic mass is 10.2. The zero-order valence-electron chi connectivity index (χ0n) is 14.3. The lowest BCUT2D eigenvalue weighted by molar-refractivity contribution is 0.912. The van der Waals surface area contributed by atoms with E-state index < -0.39 is 0 Å². The minimum Gasteiger partial charge on any atom is -0.372 e. The fourth-order valence-electron chi connectivity index (χ4n) is 3.60. The van der Waals surface area contributed by atoms with E-state index in [9.17, 15) is 0 Å². The Kier molecular flexibility index (Phi) is 4.24. The lowest BCUT2D eigenvalue weighted by Crippen LogP contribution is -2.19. The van der Waals surface area contributed by atoms with Crippen LogP contribution in [0.25, 0.3) is 0 Å². The number of nitrogens with one attached hydrogen (secondary N) is 1. The molecule has 2 aromatic rings. The van der Waals surface area contributed by atoms with E-state index in [-0.39, 0.29) is 0 Å². The van der Waals surface area contributed by atoms with Crippen LogP contribution in [0.2, 0.25) is 0 Å². The summed E-state index contributed by atoms with van der Waals surface area (Å²) in [6.07, 6.45) is 5.12. The molecule has 2 fully saturated rings. The molecule has 0 spiro atoms. The van der Waals surface area contributed by atoms with Gasteiger partial charge in [-0.3, -0.25) is 0 Å². The molecule has 0 unspecified atom stereocenters. The highest BCUT2D eigenvalue weighted by molar-refractivity contribution is 5.63. The van der Waals surface area contributed by atoms with Crippen molar-refractivity contribution < 1.29 is 0 Å². The average Bonchev–Trinajstić information content (AvgIpc) is 3.29. The maximum atomic E-state index is 4.59. The Balaban J connectivity index is 1.50. The normalized spacial score (nSPS) is 17.5. The van der Waals surface area contributed by atoms with Gasteiger partial charge in [-0.15, -0.1) is 0 Å². The molecule has 1 aromatic carbocycles. The highest BCUT2D eigenvalue weighted by atomic mass is 15.2. The summed E-state index contributed by atoms with van der Waals surface area (Å²) in [5.41, 5.74) is 2.39. The molecule has 24 heavy (non-hydrogen) atoms. The van der Waals surface area contributed by atoms with Crippen molar-refractivity contribution in [2.45, 2.75) is 32.6 Å². The first kappa shape index (κ1) is 15.2. The second-order valence-corrected chi connectivity index (χ2v) is 6.72. The third-order valence-electron chi connectivity index (χ3n) is 4.87. The molecule has 3 heterocycles. The van der Waals surface area contributed by atoms with Gasteiger partial charge in [-0.05, 0) is 56.9 Å². The number of hydrogen-bond donors (Lipinski definition) is 1. The van der Waals surface area contributed by atoms with Crippen LogP contribution in [0.3, 0.4) is 0 Å². The monoisotopic (exact) mass is 323 g/mol. The fourth-order valence-corrected chi connectivity index (χ4v) is 3.60. The summed E-state index contributed by atoms with van der Waals surface area (Å²) in [6, 6.07) is 10.7. The van der Waals surface area contributed by atoms with Gasteiger partial charge in [0.15, 0.2) is 0 Å². The van der Waals surface area contributed by atoms with Gasteiger partial charge in [0, 0.05) is 43.6 Å². The van der Waals surface area contributed by atoms with Gasteiger partial charge in [0.2, 0.25) is 0 Å². The first-order chi connectivity index (χ1) is 11.8. The topological polar surface area (TPSA) is 44.3 Å². The minimum atomic E-state index is 0.815. The summed E-state index contributed by atoms with van der Waals surface area (Å²) in [5, 5.41) is 3.43. The number of anilines is 4. The number of aryl methyl sites for hydroxylation is 1. The molecule has 0 bridgehead atoms. The minimum absolute atomic E-state index is 0.815. The van der Waals surface area contributed by atoms with E-state index >= 15 is 0 Å². The summed E-state index contributed by atoms with van der Waals surface area (Å²) in [6.45, 7) is 6.51. The maximum Gasteiger partial charge on any atom is 0.136 e. The number of rotatable bonds is 4. The van der Waals surface area contributed by atoms with Crippen molar-refractivity contribution in [1.29, 1.82) is 0 Å². The van der Waals surface area contributed by atoms with Gasteiger partial charge < -0.3 is 15.1 Å². The van der Waals surface area contributed by atoms with E-state index in [1.807, 2.05) is 6.92 Å². The van der Waals surface area contributed by atoms with Crippen LogP contribution in [0.5, 0.6) is 0 Å². The van der Waals surface area contributed by atoms with Crippen molar-refractivity contribution in [3.63, 3.8) is 0 Å². The molecular weight excluding hydrogens is 298 g/mol. The Hall–Kier alpha value is -2.30. The third kappa shape index (κ3) is 3.30. The Labute approximate surface area is 143 Å². The van der Waals surface area contributed by atoms with Gasteiger partial charge in [-0.1, -0.05) is 0 Å². The van der Waals surface area contributed by atoms with Gasteiger partial charge in [-0.2, -0.15) is 0 Å². The largest absolute Gasteiger partial charge is 0.372 e. The third-order valence-corrected chi connectivity index (χ3v) is 4.87. The average molecular weight is 323 g/mol. The van der Waals surface area contributed by atoms with Crippen LogP contribution in [0, 0.1) is 6.92 Å². The Morgan fingerprint density at radius 2 is 1.46 bits per heavy atom. The van der Waals surface area contributed by atoms with Crippen LogP contribution >= 0.6 is 0 Å². The summed E-state index contributed by atoms with van der Waals surface area (Å²) < 4.78 is 0. The van der Waals surface area contributed by atoms with Crippen LogP contribution in [0.1, 0.15) is 31.5 Å². The summed E-state index contributed by atoms with van der Waals surface area (Å²) in [5.74, 6) is 2.73. The van der Waals surface area contributed by atoms with E-state index in [0.717, 1.165) is 36.2 Å². The van der Waals surface area contributed by atoms with Crippen LogP contribution < -0.4 is 15.1 Å². The van der Waals surface area contributed by atoms with Crippen molar-refractivity contribution >= 4 is 23.0 Å². The fraction of sp³-hybridized carbons (Fsp3) is 0.474. The van der Waals surface area contributed by atoms with Gasteiger partial charge in [0.1, 0.15) is 17.5 Å². The van der Waals surface area contributed by atoms with Crippen molar-refractivity contribution in [3.8, 4) is 0 Å². The smallest absolute Gasteiger partial charge is 0.136 e. The molecular formula is C19H25N5. The predicted octanol–water partition coefficient (Wildman–Crippen LogP) is 3.73. The van der Waals surface area contributed by atoms with Crippen molar-refractivity contribution in [2.24, 2.45) is 0 Å². The lowest BCUT2D eigenvalue weighted by Gasteiger charge is -2.19. The maximum absolute atomic E-state index is 4.59. The quantitative estimate of drug-likeness (QED) is 0.929. The molecule has 1 N–H and O–H groups in total. The van der Waals surface area contributed by atoms with Crippen molar-refractivity contribution in [1.82, 2.24) is 9.97 Å². The zero-order valence-corrected chi connectivity index (χ0v) is 14.3. The molecule has 126 valence electrons. The summed E-state index contributed by atoms with van der Waals surface area (Å²) in [4.78, 5) is 13.9. The second kappa shape index (κ2) is 6.67. The van der Waals surface area contributed by atoms with E-state index in [0.29, 0.717) is 0 Å². The number of hydrogen-bond acceptors (Lipinski definition) is 5. The Morgan fingerprint density at radius 1 is 0.833 bits per heavy atom. The molecule has 0 atom stereocenters. The molecule has 1 aromatic heterocycles. The van der Waals surface area contributed by atoms with Gasteiger partial charge in [-0.25, -0.2) is 9.97 Å². The molecule has 5 nitrogen and oxygen atoms in total. The highest BCUT2D eigenvalue weighted by Gasteiger charge is 2.15. The molecule has 2 saturated heterocycles. The molecule has 2 aliphatic rings. The molecule has 0 saturated carbocycles. The zero-order chi connectivity index (χ0) is 16.4. The second-order valence-electron chi connectivity index (χ2n) is 6.72. The van der Waals surface area contributed by atoms with Crippen LogP contribution in [-0.2, 0) is 0 Å². The SMILES string of the molecule is Cc1nc(Nc2ccc(N3CCCC3)cc2)cc(N2CCCC2)n1. The van der Waals surface area contributed by atoms with Gasteiger partial charge >= 0.3 is 0 Å². The van der Waals surface area contributed by atoms with Crippen LogP contribution in [0.4, 0.5) is 23.0 Å². The number of benzene rings is 1. The van der Waals surface area contributed by atoms with Gasteiger partial charge in [0.05, 0.1) is 0 Å². The highest BCUT2D eigenvalue weighted by Crippen LogP contribution is 2.25. The molecule has 0 radical (unpaired) electrons. The molecule has 4 rings (SSSR count). The molecule has 0 amide bonds. The first-order valence-electron chi connectivity index (χ1n) is 9.01. The van der Waals surface area contributed by atoms with Crippen molar-refractivity contribution in [3.05, 3.63) is 36.2 Å². The Morgan fingerprint density at radius 3 is 2.12 bits per heavy atom. The molecule has 2 aliphatic heterocycles. The first-order valence-corrected chi connectivity index (χ1v) is 9.01. The molecule has 5 heteroatoms. The predicted molar refractivity (Wildman–Crippen MR) is 99.4 cm³/mol. The van der Waals surface area contributed by atoms with Crippen molar-refractivity contribution in [2.75, 3.05) is 41.3 Å². The number of aromatic nitrogens is 2. The number of nitrogens with zero attached hydrogens (tertiary/aromatic N) is 4. The van der Waals surface area contributed by atoms with Crippen LogP contribution in [0.15, 0.2) is 30.3 Å². The van der Waals surface area contributed by atoms with E-state index in [1.54, 1.807) is 0 Å². The summed E-state index contributed by atoms with van der Waals surface area (Å²) in [7, 11) is 0. The Bertz CT molecular complexity index is 685.